The molecule has 3 nitrogen and oxygen atoms in total. The van der Waals surface area contributed by atoms with Crippen LogP contribution in [0.3, 0.4) is 0 Å². The maximum atomic E-state index is 12.0. The molecule has 0 radical (unpaired) electrons. The van der Waals surface area contributed by atoms with E-state index in [0.29, 0.717) is 16.3 Å². The number of halogens is 1. The number of amides is 1. The van der Waals surface area contributed by atoms with Crippen LogP contribution in [0.5, 0.6) is 0 Å². The van der Waals surface area contributed by atoms with Crippen molar-refractivity contribution < 1.29 is 4.79 Å². The van der Waals surface area contributed by atoms with Gasteiger partial charge in [-0.2, -0.15) is 0 Å². The molecule has 0 unspecified atom stereocenters. The average Bonchev–Trinajstić information content (AvgIpc) is 2.28. The van der Waals surface area contributed by atoms with E-state index in [4.69, 9.17) is 17.3 Å². The molecule has 0 spiro atoms. The average molecular weight is 241 g/mol. The Balaban J connectivity index is 2.83. The quantitative estimate of drug-likeness (QED) is 0.823. The summed E-state index contributed by atoms with van der Waals surface area (Å²) in [5.74, 6) is -0.0755. The molecule has 2 N–H and O–H groups in total. The lowest BCUT2D eigenvalue weighted by molar-refractivity contribution is 0.0794. The van der Waals surface area contributed by atoms with Gasteiger partial charge in [0.2, 0.25) is 0 Å². The number of anilines is 1. The number of carbonyl (C=O) groups excluding carboxylic acids is 1. The molecule has 0 aliphatic carbocycles. The largest absolute Gasteiger partial charge is 0.398 e. The Hall–Kier alpha value is -1.22. The van der Waals surface area contributed by atoms with Gasteiger partial charge in [-0.3, -0.25) is 4.79 Å². The Bertz CT molecular complexity index is 379. The van der Waals surface area contributed by atoms with Crippen molar-refractivity contribution in [1.82, 2.24) is 4.90 Å². The van der Waals surface area contributed by atoms with Crippen LogP contribution in [0.2, 0.25) is 5.02 Å². The van der Waals surface area contributed by atoms with Crippen molar-refractivity contribution in [2.45, 2.75) is 19.8 Å². The van der Waals surface area contributed by atoms with Crippen molar-refractivity contribution in [2.75, 3.05) is 19.3 Å². The predicted octanol–water partition coefficient (Wildman–Crippen LogP) is 2.79. The van der Waals surface area contributed by atoms with E-state index in [-0.39, 0.29) is 5.91 Å². The number of nitrogens with zero attached hydrogens (tertiary/aromatic N) is 1. The van der Waals surface area contributed by atoms with Crippen molar-refractivity contribution >= 4 is 23.2 Å². The Morgan fingerprint density at radius 3 is 2.81 bits per heavy atom. The predicted molar refractivity (Wildman–Crippen MR) is 67.7 cm³/mol. The molecule has 0 atom stereocenters. The second-order valence-electron chi connectivity index (χ2n) is 3.81. The van der Waals surface area contributed by atoms with Gasteiger partial charge in [-0.25, -0.2) is 0 Å². The molecule has 0 aliphatic heterocycles. The molecule has 0 saturated heterocycles. The van der Waals surface area contributed by atoms with Gasteiger partial charge in [-0.15, -0.1) is 0 Å². The number of nitrogen functional groups attached to an aromatic ring is 1. The molecule has 0 heterocycles. The number of unbranched alkanes of at least 4 members (excludes halogenated alkanes) is 1. The molecule has 0 aromatic heterocycles. The van der Waals surface area contributed by atoms with Crippen LogP contribution >= 0.6 is 11.6 Å². The van der Waals surface area contributed by atoms with Crippen molar-refractivity contribution in [2.24, 2.45) is 0 Å². The van der Waals surface area contributed by atoms with Crippen LogP contribution in [-0.2, 0) is 0 Å². The normalized spacial score (nSPS) is 10.2. The Labute approximate surface area is 101 Å². The first-order valence-corrected chi connectivity index (χ1v) is 5.74. The fourth-order valence-electron chi connectivity index (χ4n) is 1.42. The third-order valence-corrected chi connectivity index (χ3v) is 2.67. The minimum absolute atomic E-state index is 0.0755. The van der Waals surface area contributed by atoms with E-state index in [2.05, 4.69) is 6.92 Å². The summed E-state index contributed by atoms with van der Waals surface area (Å²) < 4.78 is 0. The fraction of sp³-hybridized carbons (Fsp3) is 0.417. The van der Waals surface area contributed by atoms with Gasteiger partial charge in [0.05, 0.1) is 5.56 Å². The van der Waals surface area contributed by atoms with Crippen molar-refractivity contribution in [3.63, 3.8) is 0 Å². The van der Waals surface area contributed by atoms with Gasteiger partial charge in [0.25, 0.3) is 5.91 Å². The molecule has 0 fully saturated rings. The minimum atomic E-state index is -0.0755. The number of hydrogen-bond acceptors (Lipinski definition) is 2. The van der Waals surface area contributed by atoms with Crippen molar-refractivity contribution in [1.29, 1.82) is 0 Å². The van der Waals surface area contributed by atoms with Crippen molar-refractivity contribution in [3.05, 3.63) is 28.8 Å². The molecule has 0 bridgehead atoms. The van der Waals surface area contributed by atoms with Crippen molar-refractivity contribution in [3.8, 4) is 0 Å². The molecular formula is C12H17ClN2O. The van der Waals surface area contributed by atoms with Gasteiger partial charge < -0.3 is 10.6 Å². The molecule has 4 heteroatoms. The Morgan fingerprint density at radius 2 is 2.19 bits per heavy atom. The Morgan fingerprint density at radius 1 is 1.50 bits per heavy atom. The molecule has 1 amide bonds. The van der Waals surface area contributed by atoms with Crippen LogP contribution in [0.15, 0.2) is 18.2 Å². The van der Waals surface area contributed by atoms with Crippen LogP contribution in [0.1, 0.15) is 30.1 Å². The lowest BCUT2D eigenvalue weighted by Gasteiger charge is -2.17. The second-order valence-corrected chi connectivity index (χ2v) is 4.25. The monoisotopic (exact) mass is 240 g/mol. The van der Waals surface area contributed by atoms with E-state index in [1.807, 2.05) is 0 Å². The second kappa shape index (κ2) is 5.75. The highest BCUT2D eigenvalue weighted by atomic mass is 35.5. The third-order valence-electron chi connectivity index (χ3n) is 2.44. The minimum Gasteiger partial charge on any atom is -0.398 e. The topological polar surface area (TPSA) is 46.3 Å². The number of benzene rings is 1. The Kier molecular flexibility index (Phi) is 4.62. The molecule has 1 aromatic rings. The molecule has 16 heavy (non-hydrogen) atoms. The highest BCUT2D eigenvalue weighted by molar-refractivity contribution is 6.31. The summed E-state index contributed by atoms with van der Waals surface area (Å²) in [5.41, 5.74) is 6.70. The molecular weight excluding hydrogens is 224 g/mol. The van der Waals surface area contributed by atoms with Gasteiger partial charge >= 0.3 is 0 Å². The number of nitrogens with two attached hydrogens (primary N) is 1. The highest BCUT2D eigenvalue weighted by Crippen LogP contribution is 2.19. The van der Waals surface area contributed by atoms with E-state index in [0.717, 1.165) is 19.4 Å². The standard InChI is InChI=1S/C12H17ClN2O/c1-3-4-7-15(2)12(16)10-8-9(13)5-6-11(10)14/h5-6,8H,3-4,7,14H2,1-2H3. The molecule has 0 saturated carbocycles. The molecule has 0 aliphatic rings. The van der Waals surface area contributed by atoms with Gasteiger partial charge in [0.1, 0.15) is 0 Å². The molecule has 1 rings (SSSR count). The summed E-state index contributed by atoms with van der Waals surface area (Å²) in [4.78, 5) is 13.7. The zero-order valence-corrected chi connectivity index (χ0v) is 10.4. The van der Waals surface area contributed by atoms with Gasteiger partial charge in [0, 0.05) is 24.3 Å². The van der Waals surface area contributed by atoms with Crippen LogP contribution in [0.25, 0.3) is 0 Å². The summed E-state index contributed by atoms with van der Waals surface area (Å²) in [7, 11) is 1.78. The van der Waals surface area contributed by atoms with Crippen LogP contribution in [0, 0.1) is 0 Å². The van der Waals surface area contributed by atoms with E-state index < -0.39 is 0 Å². The van der Waals surface area contributed by atoms with Gasteiger partial charge in [-0.1, -0.05) is 24.9 Å². The number of hydrogen-bond donors (Lipinski definition) is 1. The SMILES string of the molecule is CCCCN(C)C(=O)c1cc(Cl)ccc1N. The summed E-state index contributed by atoms with van der Waals surface area (Å²) in [6.07, 6.45) is 2.05. The van der Waals surface area contributed by atoms with E-state index >= 15 is 0 Å². The van der Waals surface area contributed by atoms with E-state index in [9.17, 15) is 4.79 Å². The van der Waals surface area contributed by atoms with Crippen LogP contribution in [-0.4, -0.2) is 24.4 Å². The smallest absolute Gasteiger partial charge is 0.255 e. The number of carbonyl (C=O) groups is 1. The van der Waals surface area contributed by atoms with E-state index in [1.54, 1.807) is 30.1 Å². The summed E-state index contributed by atoms with van der Waals surface area (Å²) in [5, 5.41) is 0.529. The lowest BCUT2D eigenvalue weighted by Crippen LogP contribution is -2.28. The zero-order valence-electron chi connectivity index (χ0n) is 9.66. The van der Waals surface area contributed by atoms with Crippen LogP contribution < -0.4 is 5.73 Å². The molecule has 88 valence electrons. The van der Waals surface area contributed by atoms with Crippen LogP contribution in [0.4, 0.5) is 5.69 Å². The highest BCUT2D eigenvalue weighted by Gasteiger charge is 2.14. The first kappa shape index (κ1) is 12.8. The third kappa shape index (κ3) is 3.14. The van der Waals surface area contributed by atoms with E-state index in [1.165, 1.54) is 0 Å². The van der Waals surface area contributed by atoms with Gasteiger partial charge in [0.15, 0.2) is 0 Å². The van der Waals surface area contributed by atoms with Gasteiger partial charge in [-0.05, 0) is 24.6 Å². The zero-order chi connectivity index (χ0) is 12.1. The summed E-state index contributed by atoms with van der Waals surface area (Å²) in [6, 6.07) is 4.95. The maximum Gasteiger partial charge on any atom is 0.255 e. The maximum absolute atomic E-state index is 12.0. The fourth-order valence-corrected chi connectivity index (χ4v) is 1.59. The number of rotatable bonds is 4. The summed E-state index contributed by atoms with van der Waals surface area (Å²) in [6.45, 7) is 2.83. The first-order chi connectivity index (χ1) is 7.56. The first-order valence-electron chi connectivity index (χ1n) is 5.36. The lowest BCUT2D eigenvalue weighted by atomic mass is 10.1. The molecule has 1 aromatic carbocycles. The summed E-state index contributed by atoms with van der Waals surface area (Å²) >= 11 is 5.84.